The van der Waals surface area contributed by atoms with Gasteiger partial charge in [0.15, 0.2) is 17.6 Å². The maximum Gasteiger partial charge on any atom is 0.345 e. The SMILES string of the molecule is COc1ccc(C[C@H](Oc2ccccc2OC)C(=O)O)c(OC)c1. The number of ether oxygens (including phenoxy) is 4. The van der Waals surface area contributed by atoms with Gasteiger partial charge in [-0.1, -0.05) is 18.2 Å². The second-order valence-corrected chi connectivity index (χ2v) is 4.98. The number of hydrogen-bond acceptors (Lipinski definition) is 5. The summed E-state index contributed by atoms with van der Waals surface area (Å²) in [5, 5.41) is 9.49. The van der Waals surface area contributed by atoms with Crippen LogP contribution in [0.5, 0.6) is 23.0 Å². The van der Waals surface area contributed by atoms with Crippen LogP contribution in [0, 0.1) is 0 Å². The summed E-state index contributed by atoms with van der Waals surface area (Å²) in [6.45, 7) is 0. The molecule has 0 fully saturated rings. The molecule has 0 amide bonds. The fourth-order valence-electron chi connectivity index (χ4n) is 2.27. The molecule has 6 heteroatoms. The van der Waals surface area contributed by atoms with Gasteiger partial charge in [-0.15, -0.1) is 0 Å². The largest absolute Gasteiger partial charge is 0.497 e. The number of aliphatic carboxylic acids is 1. The maximum atomic E-state index is 11.6. The second-order valence-electron chi connectivity index (χ2n) is 4.98. The first-order chi connectivity index (χ1) is 11.6. The predicted molar refractivity (Wildman–Crippen MR) is 88.3 cm³/mol. The molecule has 0 unspecified atom stereocenters. The summed E-state index contributed by atoms with van der Waals surface area (Å²) in [7, 11) is 4.58. The molecule has 0 aliphatic heterocycles. The van der Waals surface area contributed by atoms with Crippen LogP contribution in [-0.2, 0) is 11.2 Å². The third-order valence-electron chi connectivity index (χ3n) is 3.51. The molecule has 0 radical (unpaired) electrons. The van der Waals surface area contributed by atoms with Crippen LogP contribution in [0.15, 0.2) is 42.5 Å². The van der Waals surface area contributed by atoms with E-state index in [1.54, 1.807) is 49.6 Å². The molecule has 1 N–H and O–H groups in total. The minimum absolute atomic E-state index is 0.139. The van der Waals surface area contributed by atoms with Crippen molar-refractivity contribution in [3.05, 3.63) is 48.0 Å². The minimum Gasteiger partial charge on any atom is -0.497 e. The van der Waals surface area contributed by atoms with Crippen LogP contribution in [0.2, 0.25) is 0 Å². The standard InChI is InChI=1S/C18H20O6/c1-21-13-9-8-12(16(11-13)23-3)10-17(18(19)20)24-15-7-5-4-6-14(15)22-2/h4-9,11,17H,10H2,1-3H3,(H,19,20)/t17-/m0/s1. The van der Waals surface area contributed by atoms with Gasteiger partial charge < -0.3 is 24.1 Å². The molecule has 0 heterocycles. The number of hydrogen-bond donors (Lipinski definition) is 1. The molecular formula is C18H20O6. The fraction of sp³-hybridized carbons (Fsp3) is 0.278. The summed E-state index contributed by atoms with van der Waals surface area (Å²) in [4.78, 5) is 11.6. The van der Waals surface area contributed by atoms with E-state index in [0.717, 1.165) is 0 Å². The maximum absolute atomic E-state index is 11.6. The highest BCUT2D eigenvalue weighted by Crippen LogP contribution is 2.30. The van der Waals surface area contributed by atoms with Gasteiger partial charge in [0.25, 0.3) is 0 Å². The van der Waals surface area contributed by atoms with E-state index in [-0.39, 0.29) is 6.42 Å². The highest BCUT2D eigenvalue weighted by Gasteiger charge is 2.23. The van der Waals surface area contributed by atoms with Crippen molar-refractivity contribution in [2.75, 3.05) is 21.3 Å². The van der Waals surface area contributed by atoms with Crippen molar-refractivity contribution in [1.29, 1.82) is 0 Å². The summed E-state index contributed by atoms with van der Waals surface area (Å²) in [6.07, 6.45) is -0.941. The Balaban J connectivity index is 2.25. The zero-order valence-corrected chi connectivity index (χ0v) is 13.8. The Morgan fingerprint density at radius 1 is 0.958 bits per heavy atom. The third kappa shape index (κ3) is 4.10. The van der Waals surface area contributed by atoms with Crippen molar-refractivity contribution in [2.24, 2.45) is 0 Å². The van der Waals surface area contributed by atoms with Crippen LogP contribution in [0.1, 0.15) is 5.56 Å². The van der Waals surface area contributed by atoms with Crippen molar-refractivity contribution in [2.45, 2.75) is 12.5 Å². The van der Waals surface area contributed by atoms with Crippen molar-refractivity contribution < 1.29 is 28.8 Å². The highest BCUT2D eigenvalue weighted by atomic mass is 16.5. The van der Waals surface area contributed by atoms with Crippen LogP contribution in [0.3, 0.4) is 0 Å². The first-order valence-corrected chi connectivity index (χ1v) is 7.32. The van der Waals surface area contributed by atoms with Crippen LogP contribution in [0.25, 0.3) is 0 Å². The Hall–Kier alpha value is -2.89. The Labute approximate surface area is 140 Å². The van der Waals surface area contributed by atoms with E-state index in [9.17, 15) is 9.90 Å². The Bertz CT molecular complexity index is 698. The van der Waals surface area contributed by atoms with Crippen molar-refractivity contribution in [3.63, 3.8) is 0 Å². The lowest BCUT2D eigenvalue weighted by Crippen LogP contribution is -2.29. The molecule has 0 saturated heterocycles. The normalized spacial score (nSPS) is 11.5. The highest BCUT2D eigenvalue weighted by molar-refractivity contribution is 5.73. The topological polar surface area (TPSA) is 74.2 Å². The first-order valence-electron chi connectivity index (χ1n) is 7.32. The summed E-state index contributed by atoms with van der Waals surface area (Å²) in [5.41, 5.74) is 0.709. The van der Waals surface area contributed by atoms with Gasteiger partial charge in [0.2, 0.25) is 0 Å². The van der Waals surface area contributed by atoms with Crippen molar-refractivity contribution in [3.8, 4) is 23.0 Å². The monoisotopic (exact) mass is 332 g/mol. The number of carboxylic acid groups (broad SMARTS) is 1. The predicted octanol–water partition coefficient (Wildman–Crippen LogP) is 2.79. The van der Waals surface area contributed by atoms with Gasteiger partial charge in [-0.2, -0.15) is 0 Å². The lowest BCUT2D eigenvalue weighted by Gasteiger charge is -2.18. The van der Waals surface area contributed by atoms with E-state index >= 15 is 0 Å². The van der Waals surface area contributed by atoms with Gasteiger partial charge in [0.05, 0.1) is 21.3 Å². The first kappa shape index (κ1) is 17.5. The average molecular weight is 332 g/mol. The number of rotatable bonds is 8. The minimum atomic E-state index is -1.08. The quantitative estimate of drug-likeness (QED) is 0.801. The van der Waals surface area contributed by atoms with E-state index in [4.69, 9.17) is 18.9 Å². The average Bonchev–Trinajstić information content (AvgIpc) is 2.61. The summed E-state index contributed by atoms with van der Waals surface area (Å²) >= 11 is 0. The third-order valence-corrected chi connectivity index (χ3v) is 3.51. The molecule has 6 nitrogen and oxygen atoms in total. The molecule has 128 valence electrons. The smallest absolute Gasteiger partial charge is 0.345 e. The van der Waals surface area contributed by atoms with Crippen molar-refractivity contribution >= 4 is 5.97 Å². The summed E-state index contributed by atoms with van der Waals surface area (Å²) < 4.78 is 21.3. The van der Waals surface area contributed by atoms with Gasteiger partial charge in [0.1, 0.15) is 11.5 Å². The molecular weight excluding hydrogens is 312 g/mol. The van der Waals surface area contributed by atoms with Crippen LogP contribution in [0.4, 0.5) is 0 Å². The number of methoxy groups -OCH3 is 3. The molecule has 24 heavy (non-hydrogen) atoms. The van der Waals surface area contributed by atoms with E-state index < -0.39 is 12.1 Å². The van der Waals surface area contributed by atoms with Gasteiger partial charge in [-0.05, 0) is 23.8 Å². The van der Waals surface area contributed by atoms with Gasteiger partial charge >= 0.3 is 5.97 Å². The Morgan fingerprint density at radius 2 is 1.62 bits per heavy atom. The molecule has 0 saturated carbocycles. The second kappa shape index (κ2) is 8.10. The van der Waals surface area contributed by atoms with Gasteiger partial charge in [-0.3, -0.25) is 0 Å². The van der Waals surface area contributed by atoms with Gasteiger partial charge in [0, 0.05) is 12.5 Å². The summed E-state index contributed by atoms with van der Waals surface area (Å²) in [6, 6.07) is 12.1. The molecule has 0 spiro atoms. The Kier molecular flexibility index (Phi) is 5.89. The zero-order chi connectivity index (χ0) is 17.5. The number of para-hydroxylation sites is 2. The molecule has 0 aliphatic carbocycles. The zero-order valence-electron chi connectivity index (χ0n) is 13.8. The number of benzene rings is 2. The number of carbonyl (C=O) groups is 1. The van der Waals surface area contributed by atoms with Gasteiger partial charge in [-0.25, -0.2) is 4.79 Å². The lowest BCUT2D eigenvalue weighted by atomic mass is 10.1. The Morgan fingerprint density at radius 3 is 2.21 bits per heavy atom. The fourth-order valence-corrected chi connectivity index (χ4v) is 2.27. The van der Waals surface area contributed by atoms with Crippen LogP contribution >= 0.6 is 0 Å². The molecule has 1 atom stereocenters. The van der Waals surface area contributed by atoms with E-state index in [1.807, 2.05) is 0 Å². The molecule has 2 aromatic rings. The summed E-state index contributed by atoms with van der Waals surface area (Å²) in [5.74, 6) is 0.960. The lowest BCUT2D eigenvalue weighted by molar-refractivity contribution is -0.145. The van der Waals surface area contributed by atoms with Crippen molar-refractivity contribution in [1.82, 2.24) is 0 Å². The van der Waals surface area contributed by atoms with Crippen LogP contribution < -0.4 is 18.9 Å². The van der Waals surface area contributed by atoms with E-state index in [0.29, 0.717) is 28.6 Å². The number of carboxylic acids is 1. The molecule has 2 rings (SSSR count). The molecule has 0 aliphatic rings. The van der Waals surface area contributed by atoms with E-state index in [2.05, 4.69) is 0 Å². The molecule has 2 aromatic carbocycles. The van der Waals surface area contributed by atoms with Crippen LogP contribution in [-0.4, -0.2) is 38.5 Å². The molecule has 0 bridgehead atoms. The molecule has 0 aromatic heterocycles. The van der Waals surface area contributed by atoms with E-state index in [1.165, 1.54) is 14.2 Å².